The summed E-state index contributed by atoms with van der Waals surface area (Å²) in [5, 5.41) is 0. The first-order valence-corrected chi connectivity index (χ1v) is 4.55. The fraction of sp³-hybridized carbons (Fsp3) is 0.700. The molecular weight excluding hydrogens is 166 g/mol. The van der Waals surface area contributed by atoms with Gasteiger partial charge < -0.3 is 9.53 Å². The topological polar surface area (TPSA) is 29.5 Å². The predicted molar refractivity (Wildman–Crippen MR) is 50.3 cm³/mol. The Hall–Kier alpha value is -0.850. The average molecular weight is 181 g/mol. The highest BCUT2D eigenvalue weighted by Crippen LogP contribution is 2.04. The summed E-state index contributed by atoms with van der Waals surface area (Å²) in [5.74, 6) is 5.74. The van der Waals surface area contributed by atoms with Crippen molar-refractivity contribution in [3.8, 4) is 11.8 Å². The molecule has 1 aliphatic heterocycles. The van der Waals surface area contributed by atoms with Crippen molar-refractivity contribution in [2.24, 2.45) is 0 Å². The third-order valence-electron chi connectivity index (χ3n) is 2.16. The molecule has 0 aromatic carbocycles. The highest BCUT2D eigenvalue weighted by Gasteiger charge is 2.18. The lowest BCUT2D eigenvalue weighted by molar-refractivity contribution is -0.113. The van der Waals surface area contributed by atoms with E-state index in [1.54, 1.807) is 6.92 Å². The summed E-state index contributed by atoms with van der Waals surface area (Å²) in [7, 11) is 0. The minimum atomic E-state index is -0.0450. The monoisotopic (exact) mass is 181 g/mol. The van der Waals surface area contributed by atoms with Crippen LogP contribution in [0.25, 0.3) is 0 Å². The van der Waals surface area contributed by atoms with Gasteiger partial charge in [0.2, 0.25) is 0 Å². The molecule has 0 aliphatic carbocycles. The molecule has 1 saturated heterocycles. The molecule has 13 heavy (non-hydrogen) atoms. The standard InChI is InChI=1S/C10H15NO2/c1-2-3-4-10(9-12)11-5-7-13-8-6-11/h9-10H,4-8H2,1H3. The summed E-state index contributed by atoms with van der Waals surface area (Å²) in [6.45, 7) is 4.93. The summed E-state index contributed by atoms with van der Waals surface area (Å²) < 4.78 is 5.21. The van der Waals surface area contributed by atoms with Crippen molar-refractivity contribution in [2.75, 3.05) is 26.3 Å². The number of hydrogen-bond acceptors (Lipinski definition) is 3. The van der Waals surface area contributed by atoms with Crippen molar-refractivity contribution >= 4 is 6.29 Å². The molecule has 1 unspecified atom stereocenters. The molecule has 0 amide bonds. The highest BCUT2D eigenvalue weighted by atomic mass is 16.5. The second kappa shape index (κ2) is 5.74. The molecular formula is C10H15NO2. The Bertz CT molecular complexity index is 211. The smallest absolute Gasteiger partial charge is 0.138 e. The van der Waals surface area contributed by atoms with Gasteiger partial charge in [-0.25, -0.2) is 0 Å². The van der Waals surface area contributed by atoms with Gasteiger partial charge in [0.1, 0.15) is 6.29 Å². The maximum absolute atomic E-state index is 10.8. The van der Waals surface area contributed by atoms with Gasteiger partial charge >= 0.3 is 0 Å². The minimum Gasteiger partial charge on any atom is -0.379 e. The van der Waals surface area contributed by atoms with E-state index in [0.29, 0.717) is 6.42 Å². The third kappa shape index (κ3) is 3.17. The van der Waals surface area contributed by atoms with Crippen molar-refractivity contribution in [1.82, 2.24) is 4.90 Å². The van der Waals surface area contributed by atoms with Crippen LogP contribution in [0.5, 0.6) is 0 Å². The fourth-order valence-electron chi connectivity index (χ4n) is 1.38. The molecule has 0 aromatic rings. The Morgan fingerprint density at radius 3 is 2.77 bits per heavy atom. The zero-order chi connectivity index (χ0) is 9.52. The molecule has 1 fully saturated rings. The molecule has 72 valence electrons. The van der Waals surface area contributed by atoms with Gasteiger partial charge in [-0.15, -0.1) is 11.8 Å². The molecule has 0 radical (unpaired) electrons. The van der Waals surface area contributed by atoms with E-state index in [9.17, 15) is 4.79 Å². The van der Waals surface area contributed by atoms with Crippen molar-refractivity contribution in [3.05, 3.63) is 0 Å². The molecule has 0 saturated carbocycles. The van der Waals surface area contributed by atoms with Crippen LogP contribution in [0.1, 0.15) is 13.3 Å². The van der Waals surface area contributed by atoms with Gasteiger partial charge in [-0.3, -0.25) is 4.90 Å². The van der Waals surface area contributed by atoms with Crippen LogP contribution >= 0.6 is 0 Å². The van der Waals surface area contributed by atoms with E-state index in [4.69, 9.17) is 4.74 Å². The van der Waals surface area contributed by atoms with Gasteiger partial charge in [0.25, 0.3) is 0 Å². The quantitative estimate of drug-likeness (QED) is 0.463. The number of rotatable bonds is 3. The van der Waals surface area contributed by atoms with Gasteiger partial charge in [0.15, 0.2) is 0 Å². The molecule has 0 bridgehead atoms. The number of morpholine rings is 1. The first kappa shape index (κ1) is 10.2. The van der Waals surface area contributed by atoms with Crippen LogP contribution in [-0.4, -0.2) is 43.5 Å². The minimum absolute atomic E-state index is 0.0450. The first-order valence-electron chi connectivity index (χ1n) is 4.55. The lowest BCUT2D eigenvalue weighted by Crippen LogP contribution is -2.44. The normalized spacial score (nSPS) is 20.1. The van der Waals surface area contributed by atoms with E-state index < -0.39 is 0 Å². The fourth-order valence-corrected chi connectivity index (χ4v) is 1.38. The van der Waals surface area contributed by atoms with E-state index in [1.165, 1.54) is 0 Å². The average Bonchev–Trinajstić information content (AvgIpc) is 2.21. The zero-order valence-electron chi connectivity index (χ0n) is 7.95. The Kier molecular flexibility index (Phi) is 4.52. The van der Waals surface area contributed by atoms with Crippen molar-refractivity contribution in [3.63, 3.8) is 0 Å². The van der Waals surface area contributed by atoms with Gasteiger partial charge in [-0.1, -0.05) is 0 Å². The van der Waals surface area contributed by atoms with Crippen molar-refractivity contribution < 1.29 is 9.53 Å². The van der Waals surface area contributed by atoms with Gasteiger partial charge in [-0.2, -0.15) is 0 Å². The molecule has 1 aliphatic rings. The lowest BCUT2D eigenvalue weighted by atomic mass is 10.2. The Morgan fingerprint density at radius 1 is 1.54 bits per heavy atom. The number of ether oxygens (including phenoxy) is 1. The van der Waals surface area contributed by atoms with Gasteiger partial charge in [0.05, 0.1) is 19.3 Å². The zero-order valence-corrected chi connectivity index (χ0v) is 7.95. The Labute approximate surface area is 79.1 Å². The van der Waals surface area contributed by atoms with Gasteiger partial charge in [0, 0.05) is 19.5 Å². The first-order chi connectivity index (χ1) is 6.38. The molecule has 3 nitrogen and oxygen atoms in total. The number of carbonyl (C=O) groups excluding carboxylic acids is 1. The van der Waals surface area contributed by atoms with E-state index in [0.717, 1.165) is 32.6 Å². The Balaban J connectivity index is 2.42. The maximum Gasteiger partial charge on any atom is 0.138 e. The SMILES string of the molecule is CC#CCC(C=O)N1CCOCC1. The van der Waals surface area contributed by atoms with Gasteiger partial charge in [-0.05, 0) is 6.92 Å². The summed E-state index contributed by atoms with van der Waals surface area (Å²) >= 11 is 0. The van der Waals surface area contributed by atoms with Crippen LogP contribution in [0.3, 0.4) is 0 Å². The summed E-state index contributed by atoms with van der Waals surface area (Å²) in [6.07, 6.45) is 1.62. The molecule has 1 rings (SSSR count). The van der Waals surface area contributed by atoms with E-state index in [-0.39, 0.29) is 6.04 Å². The van der Waals surface area contributed by atoms with Crippen LogP contribution in [-0.2, 0) is 9.53 Å². The number of nitrogens with zero attached hydrogens (tertiary/aromatic N) is 1. The molecule has 0 N–H and O–H groups in total. The van der Waals surface area contributed by atoms with Crippen LogP contribution in [0.15, 0.2) is 0 Å². The number of carbonyl (C=O) groups is 1. The third-order valence-corrected chi connectivity index (χ3v) is 2.16. The molecule has 3 heteroatoms. The van der Waals surface area contributed by atoms with E-state index >= 15 is 0 Å². The molecule has 1 heterocycles. The second-order valence-corrected chi connectivity index (χ2v) is 2.98. The maximum atomic E-state index is 10.8. The number of aldehydes is 1. The lowest BCUT2D eigenvalue weighted by Gasteiger charge is -2.30. The summed E-state index contributed by atoms with van der Waals surface area (Å²) in [6, 6.07) is -0.0450. The van der Waals surface area contributed by atoms with Crippen molar-refractivity contribution in [1.29, 1.82) is 0 Å². The number of hydrogen-bond donors (Lipinski definition) is 0. The van der Waals surface area contributed by atoms with Crippen LogP contribution < -0.4 is 0 Å². The second-order valence-electron chi connectivity index (χ2n) is 2.98. The van der Waals surface area contributed by atoms with Crippen LogP contribution in [0, 0.1) is 11.8 Å². The highest BCUT2D eigenvalue weighted by molar-refractivity contribution is 5.58. The largest absolute Gasteiger partial charge is 0.379 e. The molecule has 0 aromatic heterocycles. The van der Waals surface area contributed by atoms with Crippen molar-refractivity contribution in [2.45, 2.75) is 19.4 Å². The summed E-state index contributed by atoms with van der Waals surface area (Å²) in [4.78, 5) is 12.9. The van der Waals surface area contributed by atoms with E-state index in [1.807, 2.05) is 0 Å². The summed E-state index contributed by atoms with van der Waals surface area (Å²) in [5.41, 5.74) is 0. The predicted octanol–water partition coefficient (Wildman–Crippen LogP) is 0.299. The van der Waals surface area contributed by atoms with E-state index in [2.05, 4.69) is 16.7 Å². The van der Waals surface area contributed by atoms with Crippen LogP contribution in [0.4, 0.5) is 0 Å². The molecule has 0 spiro atoms. The Morgan fingerprint density at radius 2 is 2.23 bits per heavy atom. The van der Waals surface area contributed by atoms with Crippen LogP contribution in [0.2, 0.25) is 0 Å². The molecule has 1 atom stereocenters.